The maximum absolute atomic E-state index is 12.3. The van der Waals surface area contributed by atoms with Gasteiger partial charge in [-0.05, 0) is 51.1 Å². The normalized spacial score (nSPS) is 11.6. The lowest BCUT2D eigenvalue weighted by Crippen LogP contribution is -2.40. The van der Waals surface area contributed by atoms with Crippen molar-refractivity contribution in [3.63, 3.8) is 0 Å². The van der Waals surface area contributed by atoms with Gasteiger partial charge >= 0.3 is 11.9 Å². The third-order valence-corrected chi connectivity index (χ3v) is 5.59. The molecule has 10 heteroatoms. The van der Waals surface area contributed by atoms with Crippen molar-refractivity contribution in [2.75, 3.05) is 23.8 Å². The molecule has 2 rings (SSSR count). The Balaban J connectivity index is 1.90. The van der Waals surface area contributed by atoms with Crippen LogP contribution in [0, 0.1) is 6.92 Å². The number of carboxylic acid groups (broad SMARTS) is 1. The molecule has 1 aromatic carbocycles. The smallest absolute Gasteiger partial charge is 0.350 e. The van der Waals surface area contributed by atoms with Crippen LogP contribution in [0.1, 0.15) is 54.9 Å². The van der Waals surface area contributed by atoms with E-state index in [-0.39, 0.29) is 12.3 Å². The third-order valence-electron chi connectivity index (χ3n) is 4.54. The zero-order valence-electron chi connectivity index (χ0n) is 18.6. The van der Waals surface area contributed by atoms with Gasteiger partial charge in [0, 0.05) is 11.4 Å². The fourth-order valence-corrected chi connectivity index (χ4v) is 3.77. The molecule has 174 valence electrons. The van der Waals surface area contributed by atoms with Crippen molar-refractivity contribution in [2.45, 2.75) is 52.5 Å². The number of aryl methyl sites for hydroxylation is 1. The van der Waals surface area contributed by atoms with Crippen LogP contribution >= 0.6 is 11.3 Å². The molecule has 0 spiro atoms. The van der Waals surface area contributed by atoms with E-state index >= 15 is 0 Å². The van der Waals surface area contributed by atoms with Gasteiger partial charge < -0.3 is 25.8 Å². The van der Waals surface area contributed by atoms with Crippen LogP contribution < -0.4 is 16.0 Å². The van der Waals surface area contributed by atoms with Crippen LogP contribution in [-0.4, -0.2) is 47.1 Å². The molecule has 0 bridgehead atoms. The fraction of sp³-hybridized carbons (Fsp3) is 0.455. The lowest BCUT2D eigenvalue weighted by molar-refractivity contribution is -0.141. The van der Waals surface area contributed by atoms with Crippen molar-refractivity contribution in [1.82, 2.24) is 10.3 Å². The summed E-state index contributed by atoms with van der Waals surface area (Å²) in [5, 5.41) is 18.6. The van der Waals surface area contributed by atoms with E-state index in [1.165, 1.54) is 11.3 Å². The van der Waals surface area contributed by atoms with Gasteiger partial charge in [-0.15, -0.1) is 0 Å². The number of benzene rings is 1. The summed E-state index contributed by atoms with van der Waals surface area (Å²) in [6.45, 7) is 6.43. The highest BCUT2D eigenvalue weighted by Gasteiger charge is 2.20. The lowest BCUT2D eigenvalue weighted by atomic mass is 10.1. The van der Waals surface area contributed by atoms with Gasteiger partial charge in [-0.25, -0.2) is 9.78 Å². The van der Waals surface area contributed by atoms with Crippen molar-refractivity contribution in [2.24, 2.45) is 0 Å². The van der Waals surface area contributed by atoms with Gasteiger partial charge in [0.15, 0.2) is 5.13 Å². The number of thiazole rings is 1. The summed E-state index contributed by atoms with van der Waals surface area (Å²) in [6.07, 6.45) is 2.77. The number of aromatic nitrogens is 1. The van der Waals surface area contributed by atoms with Crippen LogP contribution in [0.3, 0.4) is 0 Å². The number of nitrogens with one attached hydrogen (secondary N) is 3. The molecular formula is C22H30N4O5S. The number of amides is 1. The minimum Gasteiger partial charge on any atom is -0.480 e. The van der Waals surface area contributed by atoms with E-state index in [1.807, 2.05) is 0 Å². The second-order valence-corrected chi connectivity index (χ2v) is 8.16. The molecule has 0 aliphatic heterocycles. The number of esters is 1. The van der Waals surface area contributed by atoms with Crippen molar-refractivity contribution >= 4 is 45.7 Å². The minimum absolute atomic E-state index is 0.156. The fourth-order valence-electron chi connectivity index (χ4n) is 2.89. The molecule has 9 nitrogen and oxygen atoms in total. The monoisotopic (exact) mass is 462 g/mol. The van der Waals surface area contributed by atoms with Gasteiger partial charge in [0.25, 0.3) is 0 Å². The average molecular weight is 463 g/mol. The van der Waals surface area contributed by atoms with E-state index < -0.39 is 18.0 Å². The Bertz CT molecular complexity index is 914. The Morgan fingerprint density at radius 3 is 2.44 bits per heavy atom. The first-order valence-corrected chi connectivity index (χ1v) is 11.4. The molecule has 1 atom stereocenters. The van der Waals surface area contributed by atoms with Crippen LogP contribution in [0.4, 0.5) is 16.5 Å². The molecule has 1 heterocycles. The van der Waals surface area contributed by atoms with E-state index in [2.05, 4.69) is 27.9 Å². The Hall–Kier alpha value is -2.98. The number of carbonyl (C=O) groups excluding carboxylic acids is 2. The molecule has 32 heavy (non-hydrogen) atoms. The first kappa shape index (κ1) is 25.3. The molecular weight excluding hydrogens is 432 g/mol. The van der Waals surface area contributed by atoms with Gasteiger partial charge in [-0.2, -0.15) is 0 Å². The summed E-state index contributed by atoms with van der Waals surface area (Å²) >= 11 is 1.21. The van der Waals surface area contributed by atoms with Gasteiger partial charge in [0.2, 0.25) is 5.91 Å². The number of aliphatic carboxylic acids is 1. The number of hydrogen-bond acceptors (Lipinski definition) is 8. The van der Waals surface area contributed by atoms with Crippen LogP contribution in [-0.2, 0) is 14.3 Å². The molecule has 0 aliphatic rings. The highest BCUT2D eigenvalue weighted by molar-refractivity contribution is 7.17. The van der Waals surface area contributed by atoms with Crippen molar-refractivity contribution in [1.29, 1.82) is 0 Å². The molecule has 0 aliphatic carbocycles. The first-order valence-electron chi connectivity index (χ1n) is 10.6. The molecule has 0 radical (unpaired) electrons. The average Bonchev–Trinajstić information content (AvgIpc) is 3.11. The number of nitrogens with zero attached hydrogens (tertiary/aromatic N) is 1. The third kappa shape index (κ3) is 7.93. The van der Waals surface area contributed by atoms with E-state index in [9.17, 15) is 19.5 Å². The summed E-state index contributed by atoms with van der Waals surface area (Å²) in [5.41, 5.74) is 1.88. The standard InChI is InChI=1S/C22H30N4O5S/c1-4-6-7-12-23-17(20(28)29)13-18(27)25-15-8-10-16(11-9-15)26-22-24-14(3)19(32-22)21(30)31-5-2/h8-11,17,23H,4-7,12-13H2,1-3H3,(H,24,26)(H,25,27)(H,28,29). The van der Waals surface area contributed by atoms with Crippen molar-refractivity contribution < 1.29 is 24.2 Å². The summed E-state index contributed by atoms with van der Waals surface area (Å²) in [5.74, 6) is -1.82. The van der Waals surface area contributed by atoms with E-state index in [4.69, 9.17) is 4.74 Å². The number of carboxylic acids is 1. The number of hydrogen-bond donors (Lipinski definition) is 4. The Morgan fingerprint density at radius 1 is 1.12 bits per heavy atom. The summed E-state index contributed by atoms with van der Waals surface area (Å²) in [7, 11) is 0. The summed E-state index contributed by atoms with van der Waals surface area (Å²) in [4.78, 5) is 40.4. The lowest BCUT2D eigenvalue weighted by Gasteiger charge is -2.14. The molecule has 0 saturated heterocycles. The largest absolute Gasteiger partial charge is 0.480 e. The Morgan fingerprint density at radius 2 is 1.81 bits per heavy atom. The predicted molar refractivity (Wildman–Crippen MR) is 125 cm³/mol. The Kier molecular flexibility index (Phi) is 10.1. The molecule has 0 saturated carbocycles. The van der Waals surface area contributed by atoms with Gasteiger partial charge in [-0.1, -0.05) is 31.1 Å². The number of carbonyl (C=O) groups is 3. The zero-order chi connectivity index (χ0) is 23.5. The molecule has 1 unspecified atom stereocenters. The summed E-state index contributed by atoms with van der Waals surface area (Å²) in [6, 6.07) is 6.01. The quantitative estimate of drug-likeness (QED) is 0.260. The highest BCUT2D eigenvalue weighted by Crippen LogP contribution is 2.27. The molecule has 2 aromatic rings. The van der Waals surface area contributed by atoms with Gasteiger partial charge in [-0.3, -0.25) is 9.59 Å². The van der Waals surface area contributed by atoms with E-state index in [0.717, 1.165) is 24.9 Å². The van der Waals surface area contributed by atoms with Gasteiger partial charge in [0.05, 0.1) is 18.7 Å². The zero-order valence-corrected chi connectivity index (χ0v) is 19.4. The maximum Gasteiger partial charge on any atom is 0.350 e. The molecule has 4 N–H and O–H groups in total. The van der Waals surface area contributed by atoms with E-state index in [1.54, 1.807) is 38.1 Å². The second-order valence-electron chi connectivity index (χ2n) is 7.16. The number of ether oxygens (including phenoxy) is 1. The van der Waals surface area contributed by atoms with Crippen molar-refractivity contribution in [3.05, 3.63) is 34.8 Å². The number of unbranched alkanes of at least 4 members (excludes halogenated alkanes) is 2. The maximum atomic E-state index is 12.3. The van der Waals surface area contributed by atoms with Crippen LogP contribution in [0.15, 0.2) is 24.3 Å². The molecule has 1 amide bonds. The van der Waals surface area contributed by atoms with E-state index in [0.29, 0.717) is 34.5 Å². The molecule has 1 aromatic heterocycles. The van der Waals surface area contributed by atoms with Crippen LogP contribution in [0.25, 0.3) is 0 Å². The Labute approximate surface area is 191 Å². The summed E-state index contributed by atoms with van der Waals surface area (Å²) < 4.78 is 5.02. The second kappa shape index (κ2) is 12.8. The van der Waals surface area contributed by atoms with Gasteiger partial charge in [0.1, 0.15) is 10.9 Å². The number of anilines is 3. The van der Waals surface area contributed by atoms with Crippen molar-refractivity contribution in [3.8, 4) is 0 Å². The minimum atomic E-state index is -1.04. The molecule has 0 fully saturated rings. The van der Waals surface area contributed by atoms with Crippen LogP contribution in [0.2, 0.25) is 0 Å². The predicted octanol–water partition coefficient (Wildman–Crippen LogP) is 3.93. The number of rotatable bonds is 13. The first-order chi connectivity index (χ1) is 15.3. The van der Waals surface area contributed by atoms with Crippen LogP contribution in [0.5, 0.6) is 0 Å². The topological polar surface area (TPSA) is 130 Å². The highest BCUT2D eigenvalue weighted by atomic mass is 32.1. The SMILES string of the molecule is CCCCCNC(CC(=O)Nc1ccc(Nc2nc(C)c(C(=O)OCC)s2)cc1)C(=O)O.